The van der Waals surface area contributed by atoms with Crippen LogP contribution < -0.4 is 10.6 Å². The van der Waals surface area contributed by atoms with Gasteiger partial charge in [0.25, 0.3) is 0 Å². The van der Waals surface area contributed by atoms with Gasteiger partial charge in [-0.3, -0.25) is 9.59 Å². The summed E-state index contributed by atoms with van der Waals surface area (Å²) >= 11 is 0. The number of hydrogen-bond acceptors (Lipinski definition) is 5. The van der Waals surface area contributed by atoms with E-state index in [0.717, 1.165) is 24.8 Å². The van der Waals surface area contributed by atoms with E-state index < -0.39 is 21.8 Å². The molecule has 1 aromatic carbocycles. The Kier molecular flexibility index (Phi) is 8.88. The SMILES string of the molecule is COCCCNC(=O)C(=O)NCCc1ccc(S(=O)(=O)N2CCCCC2)cc1. The Balaban J connectivity index is 1.78. The Morgan fingerprint density at radius 1 is 1.00 bits per heavy atom. The first-order valence-corrected chi connectivity index (χ1v) is 11.0. The molecule has 1 aliphatic heterocycles. The number of nitrogens with zero attached hydrogens (tertiary/aromatic N) is 1. The maximum absolute atomic E-state index is 12.6. The van der Waals surface area contributed by atoms with Crippen LogP contribution in [0.3, 0.4) is 0 Å². The lowest BCUT2D eigenvalue weighted by Crippen LogP contribution is -2.41. The second kappa shape index (κ2) is 11.1. The average Bonchev–Trinajstić information content (AvgIpc) is 2.72. The summed E-state index contributed by atoms with van der Waals surface area (Å²) in [5.74, 6) is -1.35. The van der Waals surface area contributed by atoms with Crippen LogP contribution in [-0.2, 0) is 30.8 Å². The molecule has 8 nitrogen and oxygen atoms in total. The number of ether oxygens (including phenoxy) is 1. The first-order chi connectivity index (χ1) is 13.4. The minimum Gasteiger partial charge on any atom is -0.385 e. The predicted octanol–water partition coefficient (Wildman–Crippen LogP) is 0.673. The summed E-state index contributed by atoms with van der Waals surface area (Å²) in [7, 11) is -1.86. The molecule has 28 heavy (non-hydrogen) atoms. The average molecular weight is 412 g/mol. The number of sulfonamides is 1. The first-order valence-electron chi connectivity index (χ1n) is 9.59. The Bertz CT molecular complexity index is 743. The molecule has 1 heterocycles. The van der Waals surface area contributed by atoms with E-state index in [-0.39, 0.29) is 4.90 Å². The van der Waals surface area contributed by atoms with E-state index in [1.54, 1.807) is 31.4 Å². The van der Waals surface area contributed by atoms with Crippen molar-refractivity contribution >= 4 is 21.8 Å². The lowest BCUT2D eigenvalue weighted by Gasteiger charge is -2.25. The summed E-state index contributed by atoms with van der Waals surface area (Å²) in [5, 5.41) is 5.08. The van der Waals surface area contributed by atoms with Crippen LogP contribution in [-0.4, -0.2) is 64.4 Å². The molecule has 0 aromatic heterocycles. The van der Waals surface area contributed by atoms with Crippen molar-refractivity contribution in [2.75, 3.05) is 39.9 Å². The van der Waals surface area contributed by atoms with Crippen LogP contribution in [0.5, 0.6) is 0 Å². The number of nitrogens with one attached hydrogen (secondary N) is 2. The van der Waals surface area contributed by atoms with Gasteiger partial charge in [0.05, 0.1) is 4.90 Å². The standard InChI is InChI=1S/C19H29N3O5S/c1-27-15-5-11-20-18(23)19(24)21-12-10-16-6-8-17(9-7-16)28(25,26)22-13-3-2-4-14-22/h6-9H,2-5,10-15H2,1H3,(H,20,23)(H,21,24). The zero-order valence-electron chi connectivity index (χ0n) is 16.3. The van der Waals surface area contributed by atoms with Gasteiger partial charge in [-0.15, -0.1) is 0 Å². The molecule has 2 amide bonds. The summed E-state index contributed by atoms with van der Waals surface area (Å²) in [6.07, 6.45) is 4.02. The van der Waals surface area contributed by atoms with Crippen molar-refractivity contribution in [2.24, 2.45) is 0 Å². The first kappa shape index (κ1) is 22.3. The Morgan fingerprint density at radius 2 is 1.61 bits per heavy atom. The van der Waals surface area contributed by atoms with E-state index >= 15 is 0 Å². The molecule has 156 valence electrons. The van der Waals surface area contributed by atoms with E-state index in [2.05, 4.69) is 10.6 Å². The Labute approximate surface area is 166 Å². The zero-order valence-corrected chi connectivity index (χ0v) is 17.1. The molecule has 1 aromatic rings. The van der Waals surface area contributed by atoms with E-state index in [1.165, 1.54) is 4.31 Å². The summed E-state index contributed by atoms with van der Waals surface area (Å²) < 4.78 is 31.6. The number of hydrogen-bond donors (Lipinski definition) is 2. The number of amides is 2. The van der Waals surface area contributed by atoms with Crippen molar-refractivity contribution in [2.45, 2.75) is 37.0 Å². The molecule has 0 saturated carbocycles. The van der Waals surface area contributed by atoms with Gasteiger partial charge in [-0.25, -0.2) is 8.42 Å². The van der Waals surface area contributed by atoms with E-state index in [4.69, 9.17) is 4.74 Å². The fourth-order valence-electron chi connectivity index (χ4n) is 2.98. The molecule has 0 spiro atoms. The third-order valence-corrected chi connectivity index (χ3v) is 6.51. The lowest BCUT2D eigenvalue weighted by molar-refractivity contribution is -0.139. The number of carbonyl (C=O) groups is 2. The van der Waals surface area contributed by atoms with Crippen LogP contribution in [0.25, 0.3) is 0 Å². The maximum atomic E-state index is 12.6. The molecule has 0 radical (unpaired) electrons. The third-order valence-electron chi connectivity index (χ3n) is 4.59. The highest BCUT2D eigenvalue weighted by Gasteiger charge is 2.25. The molecule has 2 rings (SSSR count). The van der Waals surface area contributed by atoms with Crippen LogP contribution in [0.1, 0.15) is 31.2 Å². The van der Waals surface area contributed by atoms with E-state index in [9.17, 15) is 18.0 Å². The molecule has 0 bridgehead atoms. The normalized spacial score (nSPS) is 15.2. The van der Waals surface area contributed by atoms with Gasteiger partial charge in [0.1, 0.15) is 0 Å². The second-order valence-electron chi connectivity index (χ2n) is 6.72. The molecular weight excluding hydrogens is 382 g/mol. The maximum Gasteiger partial charge on any atom is 0.309 e. The van der Waals surface area contributed by atoms with E-state index in [1.807, 2.05) is 0 Å². The molecule has 1 saturated heterocycles. The summed E-state index contributed by atoms with van der Waals surface area (Å²) in [6.45, 7) is 2.34. The van der Waals surface area contributed by atoms with E-state index in [0.29, 0.717) is 45.6 Å². The largest absolute Gasteiger partial charge is 0.385 e. The highest BCUT2D eigenvalue weighted by Crippen LogP contribution is 2.20. The molecule has 1 aliphatic rings. The smallest absolute Gasteiger partial charge is 0.309 e. The molecular formula is C19H29N3O5S. The highest BCUT2D eigenvalue weighted by atomic mass is 32.2. The van der Waals surface area contributed by atoms with Gasteiger partial charge in [-0.05, 0) is 43.4 Å². The Hall–Kier alpha value is -1.97. The van der Waals surface area contributed by atoms with Gasteiger partial charge in [0, 0.05) is 39.9 Å². The second-order valence-corrected chi connectivity index (χ2v) is 8.65. The monoisotopic (exact) mass is 411 g/mol. The van der Waals surface area contributed by atoms with Gasteiger partial charge < -0.3 is 15.4 Å². The van der Waals surface area contributed by atoms with Crippen molar-refractivity contribution in [1.82, 2.24) is 14.9 Å². The minimum absolute atomic E-state index is 0.289. The van der Waals surface area contributed by atoms with Gasteiger partial charge in [0.2, 0.25) is 10.0 Å². The molecule has 9 heteroatoms. The fraction of sp³-hybridized carbons (Fsp3) is 0.579. The van der Waals surface area contributed by atoms with Crippen molar-refractivity contribution < 1.29 is 22.7 Å². The molecule has 1 fully saturated rings. The summed E-state index contributed by atoms with van der Waals surface area (Å²) in [5.41, 5.74) is 0.887. The Morgan fingerprint density at radius 3 is 2.21 bits per heavy atom. The number of piperidine rings is 1. The third kappa shape index (κ3) is 6.57. The zero-order chi connectivity index (χ0) is 20.4. The lowest BCUT2D eigenvalue weighted by atomic mass is 10.1. The van der Waals surface area contributed by atoms with Gasteiger partial charge >= 0.3 is 11.8 Å². The van der Waals surface area contributed by atoms with Gasteiger partial charge in [0.15, 0.2) is 0 Å². The number of benzene rings is 1. The van der Waals surface area contributed by atoms with Crippen LogP contribution in [0.4, 0.5) is 0 Å². The quantitative estimate of drug-likeness (QED) is 0.459. The van der Waals surface area contributed by atoms with Gasteiger partial charge in [-0.1, -0.05) is 18.6 Å². The predicted molar refractivity (Wildman–Crippen MR) is 105 cm³/mol. The fourth-order valence-corrected chi connectivity index (χ4v) is 4.50. The van der Waals surface area contributed by atoms with Crippen molar-refractivity contribution in [3.8, 4) is 0 Å². The highest BCUT2D eigenvalue weighted by molar-refractivity contribution is 7.89. The van der Waals surface area contributed by atoms with Crippen LogP contribution in [0.2, 0.25) is 0 Å². The number of methoxy groups -OCH3 is 1. The molecule has 0 aliphatic carbocycles. The molecule has 0 atom stereocenters. The van der Waals surface area contributed by atoms with Crippen LogP contribution in [0, 0.1) is 0 Å². The van der Waals surface area contributed by atoms with Crippen LogP contribution in [0.15, 0.2) is 29.2 Å². The van der Waals surface area contributed by atoms with Crippen LogP contribution >= 0.6 is 0 Å². The summed E-state index contributed by atoms with van der Waals surface area (Å²) in [6, 6.07) is 6.69. The molecule has 2 N–H and O–H groups in total. The van der Waals surface area contributed by atoms with Gasteiger partial charge in [-0.2, -0.15) is 4.31 Å². The summed E-state index contributed by atoms with van der Waals surface area (Å²) in [4.78, 5) is 23.6. The minimum atomic E-state index is -3.44. The van der Waals surface area contributed by atoms with Crippen molar-refractivity contribution in [1.29, 1.82) is 0 Å². The number of carbonyl (C=O) groups excluding carboxylic acids is 2. The molecule has 0 unspecified atom stereocenters. The van der Waals surface area contributed by atoms with Crippen molar-refractivity contribution in [3.05, 3.63) is 29.8 Å². The number of rotatable bonds is 9. The van der Waals surface area contributed by atoms with Crippen molar-refractivity contribution in [3.63, 3.8) is 0 Å². The topological polar surface area (TPSA) is 105 Å².